The molecule has 1 fully saturated rings. The molecule has 1 unspecified atom stereocenters. The van der Waals surface area contributed by atoms with Gasteiger partial charge in [-0.25, -0.2) is 0 Å². The first-order chi connectivity index (χ1) is 19.1. The fourth-order valence-electron chi connectivity index (χ4n) is 4.04. The van der Waals surface area contributed by atoms with Crippen molar-refractivity contribution in [1.82, 2.24) is 9.97 Å². The number of aromatic nitrogens is 2. The lowest BCUT2D eigenvalue weighted by Crippen LogP contribution is -2.38. The third-order valence-electron chi connectivity index (χ3n) is 7.01. The van der Waals surface area contributed by atoms with Gasteiger partial charge in [0.15, 0.2) is 0 Å². The number of benzene rings is 1. The van der Waals surface area contributed by atoms with Crippen molar-refractivity contribution in [2.75, 3.05) is 13.4 Å². The van der Waals surface area contributed by atoms with Crippen LogP contribution < -0.4 is 4.74 Å². The van der Waals surface area contributed by atoms with E-state index in [2.05, 4.69) is 37.6 Å². The molecule has 40 heavy (non-hydrogen) atoms. The average molecular weight is 571 g/mol. The van der Waals surface area contributed by atoms with E-state index in [1.165, 1.54) is 6.07 Å². The van der Waals surface area contributed by atoms with E-state index < -0.39 is 20.5 Å². The van der Waals surface area contributed by atoms with E-state index in [0.717, 1.165) is 47.2 Å². The first-order valence-electron chi connectivity index (χ1n) is 14.0. The number of pyridine rings is 2. The molecular formula is C31H40F2N2O4Si. The smallest absolute Gasteiger partial charge is 0.409 e. The molecule has 0 amide bonds. The quantitative estimate of drug-likeness (QED) is 0.103. The Hall–Kier alpha value is -2.72. The number of nitrogens with zero attached hydrogens (tertiary/aromatic N) is 2. The first kappa shape index (κ1) is 30.2. The number of hydrogen-bond donors (Lipinski definition) is 0. The van der Waals surface area contributed by atoms with E-state index in [1.807, 2.05) is 24.4 Å². The van der Waals surface area contributed by atoms with Gasteiger partial charge in [-0.05, 0) is 92.5 Å². The molecule has 0 N–H and O–H groups in total. The van der Waals surface area contributed by atoms with Crippen molar-refractivity contribution in [3.05, 3.63) is 77.9 Å². The van der Waals surface area contributed by atoms with Crippen molar-refractivity contribution >= 4 is 8.07 Å². The van der Waals surface area contributed by atoms with Gasteiger partial charge in [-0.2, -0.15) is 0 Å². The molecule has 0 saturated heterocycles. The highest BCUT2D eigenvalue weighted by Gasteiger charge is 2.41. The third kappa shape index (κ3) is 9.73. The van der Waals surface area contributed by atoms with E-state index in [0.29, 0.717) is 32.7 Å². The summed E-state index contributed by atoms with van der Waals surface area (Å²) in [5.41, 5.74) is 5.00. The van der Waals surface area contributed by atoms with Gasteiger partial charge in [0.05, 0.1) is 14.2 Å². The second-order valence-electron chi connectivity index (χ2n) is 11.4. The summed E-state index contributed by atoms with van der Waals surface area (Å²) in [7, 11) is -1.35. The van der Waals surface area contributed by atoms with Crippen molar-refractivity contribution in [3.63, 3.8) is 0 Å². The lowest BCUT2D eigenvalue weighted by Gasteiger charge is -2.25. The Morgan fingerprint density at radius 1 is 1.00 bits per heavy atom. The molecule has 0 radical (unpaired) electrons. The number of hydrogen-bond acceptors (Lipinski definition) is 6. The molecular weight excluding hydrogens is 530 g/mol. The number of rotatable bonds is 16. The Kier molecular flexibility index (Phi) is 10.4. The Labute approximate surface area is 237 Å². The minimum absolute atomic E-state index is 0.0505. The van der Waals surface area contributed by atoms with Gasteiger partial charge in [0.1, 0.15) is 12.5 Å². The molecule has 2 heterocycles. The second-order valence-corrected chi connectivity index (χ2v) is 17.0. The Morgan fingerprint density at radius 3 is 2.50 bits per heavy atom. The molecule has 6 nitrogen and oxygen atoms in total. The number of ether oxygens (including phenoxy) is 4. The predicted octanol–water partition coefficient (Wildman–Crippen LogP) is 7.23. The summed E-state index contributed by atoms with van der Waals surface area (Å²) in [5.74, 6) is 0.0505. The molecule has 3 aromatic rings. The molecule has 2 aromatic heterocycles. The van der Waals surface area contributed by atoms with Gasteiger partial charge >= 0.3 is 6.29 Å². The van der Waals surface area contributed by atoms with Crippen LogP contribution in [0.5, 0.6) is 5.75 Å². The molecule has 0 aliphatic heterocycles. The van der Waals surface area contributed by atoms with Crippen LogP contribution in [0.3, 0.4) is 0 Å². The van der Waals surface area contributed by atoms with Crippen LogP contribution >= 0.6 is 0 Å². The maximum Gasteiger partial charge on any atom is 0.535 e. The summed E-state index contributed by atoms with van der Waals surface area (Å²) in [5, 5.41) is 0. The molecule has 1 aliphatic rings. The minimum Gasteiger partial charge on any atom is -0.409 e. The molecule has 1 atom stereocenters. The highest BCUT2D eigenvalue weighted by molar-refractivity contribution is 6.77. The summed E-state index contributed by atoms with van der Waals surface area (Å²) in [6.45, 7) is 9.82. The summed E-state index contributed by atoms with van der Waals surface area (Å²) in [4.78, 5) is 8.88. The van der Waals surface area contributed by atoms with Crippen LogP contribution in [0, 0.1) is 0 Å². The zero-order chi connectivity index (χ0) is 28.6. The Morgan fingerprint density at radius 2 is 1.77 bits per heavy atom. The summed E-state index contributed by atoms with van der Waals surface area (Å²) >= 11 is 0. The largest absolute Gasteiger partial charge is 0.535 e. The van der Waals surface area contributed by atoms with Crippen molar-refractivity contribution in [1.29, 1.82) is 0 Å². The molecule has 1 aliphatic carbocycles. The van der Waals surface area contributed by atoms with Gasteiger partial charge in [-0.3, -0.25) is 14.7 Å². The fraction of sp³-hybridized carbons (Fsp3) is 0.484. The summed E-state index contributed by atoms with van der Waals surface area (Å²) < 4.78 is 49.7. The van der Waals surface area contributed by atoms with Crippen LogP contribution in [0.2, 0.25) is 19.6 Å². The molecule has 1 saturated carbocycles. The normalized spacial score (nSPS) is 14.8. The monoisotopic (exact) mass is 570 g/mol. The van der Waals surface area contributed by atoms with Crippen LogP contribution in [0.25, 0.3) is 11.1 Å². The summed E-state index contributed by atoms with van der Waals surface area (Å²) in [6.07, 6.45) is 5.69. The zero-order valence-corrected chi connectivity index (χ0v) is 24.9. The van der Waals surface area contributed by atoms with Gasteiger partial charge in [0.2, 0.25) is 0 Å². The molecule has 0 bridgehead atoms. The van der Waals surface area contributed by atoms with Crippen molar-refractivity contribution in [2.24, 2.45) is 0 Å². The SMILES string of the molecule is CC(OCOCCCc1cnc(CCc2ccncc2)c(-c2cccc(OC(F)(F)OC3CC3)c2)c1)[Si](C)(C)C. The van der Waals surface area contributed by atoms with Gasteiger partial charge in [0, 0.05) is 42.2 Å². The van der Waals surface area contributed by atoms with Crippen LogP contribution in [0.15, 0.2) is 61.1 Å². The first-order valence-corrected chi connectivity index (χ1v) is 17.6. The molecule has 0 spiro atoms. The minimum atomic E-state index is -3.67. The standard InChI is InChI=1S/C31H40F2N2O4Si/c1-23(40(2,3)4)37-22-36-18-6-7-25-19-29(30(35-21-25)13-10-24-14-16-34-17-15-24)26-8-5-9-28(20-26)39-31(32,33)38-27-11-12-27/h5,8-9,14-17,19-21,23,27H,6-7,10-13,18,22H2,1-4H3. The van der Waals surface area contributed by atoms with Crippen LogP contribution in [0.1, 0.15) is 43.0 Å². The number of halogens is 2. The van der Waals surface area contributed by atoms with Gasteiger partial charge in [-0.1, -0.05) is 31.8 Å². The molecule has 1 aromatic carbocycles. The second kappa shape index (κ2) is 13.8. The van der Waals surface area contributed by atoms with Crippen molar-refractivity contribution in [3.8, 4) is 16.9 Å². The zero-order valence-electron chi connectivity index (χ0n) is 23.9. The maximum absolute atomic E-state index is 14.2. The van der Waals surface area contributed by atoms with E-state index in [1.54, 1.807) is 24.5 Å². The molecule has 4 rings (SSSR count). The van der Waals surface area contributed by atoms with Crippen LogP contribution in [-0.2, 0) is 33.5 Å². The summed E-state index contributed by atoms with van der Waals surface area (Å²) in [6, 6.07) is 12.8. The Bertz CT molecular complexity index is 1220. The molecule has 9 heteroatoms. The highest BCUT2D eigenvalue weighted by Crippen LogP contribution is 2.34. The number of aryl methyl sites for hydroxylation is 3. The van der Waals surface area contributed by atoms with E-state index >= 15 is 0 Å². The Balaban J connectivity index is 1.44. The van der Waals surface area contributed by atoms with Crippen LogP contribution in [0.4, 0.5) is 8.78 Å². The lowest BCUT2D eigenvalue weighted by atomic mass is 9.97. The van der Waals surface area contributed by atoms with E-state index in [4.69, 9.17) is 23.9 Å². The highest BCUT2D eigenvalue weighted by atomic mass is 28.3. The van der Waals surface area contributed by atoms with Gasteiger partial charge in [0.25, 0.3) is 0 Å². The van der Waals surface area contributed by atoms with E-state index in [-0.39, 0.29) is 11.5 Å². The topological polar surface area (TPSA) is 62.7 Å². The maximum atomic E-state index is 14.2. The van der Waals surface area contributed by atoms with Gasteiger partial charge in [-0.15, -0.1) is 8.78 Å². The van der Waals surface area contributed by atoms with Crippen LogP contribution in [-0.4, -0.2) is 49.6 Å². The molecule has 216 valence electrons. The van der Waals surface area contributed by atoms with E-state index in [9.17, 15) is 8.78 Å². The van der Waals surface area contributed by atoms with Crippen molar-refractivity contribution in [2.45, 2.75) is 83.2 Å². The third-order valence-corrected chi connectivity index (χ3v) is 9.62. The lowest BCUT2D eigenvalue weighted by molar-refractivity contribution is -0.358. The fourth-order valence-corrected chi connectivity index (χ4v) is 4.61. The average Bonchev–Trinajstić information content (AvgIpc) is 3.72. The number of alkyl halides is 2. The predicted molar refractivity (Wildman–Crippen MR) is 154 cm³/mol. The van der Waals surface area contributed by atoms with Gasteiger partial charge < -0.3 is 14.2 Å². The van der Waals surface area contributed by atoms with Crippen molar-refractivity contribution < 1.29 is 27.7 Å².